The first kappa shape index (κ1) is 9.15. The van der Waals surface area contributed by atoms with Gasteiger partial charge >= 0.3 is 0 Å². The number of rotatable bonds is 3. The van der Waals surface area contributed by atoms with E-state index in [-0.39, 0.29) is 0 Å². The summed E-state index contributed by atoms with van der Waals surface area (Å²) in [7, 11) is 0. The highest BCUT2D eigenvalue weighted by Gasteiger charge is 1.81. The fourth-order valence-corrected chi connectivity index (χ4v) is 0.359. The molecule has 0 unspecified atom stereocenters. The first-order valence-electron chi connectivity index (χ1n) is 3.55. The molecule has 0 aliphatic rings. The van der Waals surface area contributed by atoms with Crippen molar-refractivity contribution >= 4 is 6.21 Å². The maximum absolute atomic E-state index is 4.15. The van der Waals surface area contributed by atoms with Gasteiger partial charge in [-0.1, -0.05) is 19.6 Å². The number of hydrogen-bond donors (Lipinski definition) is 0. The Morgan fingerprint density at radius 2 is 2.20 bits per heavy atom. The van der Waals surface area contributed by atoms with Crippen molar-refractivity contribution in [3.05, 3.63) is 23.9 Å². The molecule has 0 heterocycles. The molecule has 1 heteroatoms. The molecular formula is C9H15N. The van der Waals surface area contributed by atoms with E-state index < -0.39 is 0 Å². The standard InChI is InChI=1S/C9H15N/c1-5-8(3)7-10-9(4)6-2/h6-7H,3,5H2,1-2,4H3/b9-6-,10-7?. The maximum atomic E-state index is 4.15. The third-order valence-corrected chi connectivity index (χ3v) is 1.32. The van der Waals surface area contributed by atoms with E-state index in [1.54, 1.807) is 0 Å². The Hall–Kier alpha value is -0.850. The molecule has 0 rings (SSSR count). The predicted molar refractivity (Wildman–Crippen MR) is 47.4 cm³/mol. The highest BCUT2D eigenvalue weighted by atomic mass is 14.7. The molecule has 0 spiro atoms. The third kappa shape index (κ3) is 4.07. The second kappa shape index (κ2) is 4.98. The zero-order valence-corrected chi connectivity index (χ0v) is 7.02. The van der Waals surface area contributed by atoms with E-state index in [2.05, 4.69) is 18.5 Å². The van der Waals surface area contributed by atoms with Crippen molar-refractivity contribution < 1.29 is 0 Å². The van der Waals surface area contributed by atoms with Gasteiger partial charge in [-0.3, -0.25) is 4.99 Å². The summed E-state index contributed by atoms with van der Waals surface area (Å²) in [5.74, 6) is 0. The smallest absolute Gasteiger partial charge is 0.0330 e. The molecule has 0 bridgehead atoms. The summed E-state index contributed by atoms with van der Waals surface area (Å²) in [4.78, 5) is 4.15. The Morgan fingerprint density at radius 3 is 2.60 bits per heavy atom. The van der Waals surface area contributed by atoms with Crippen molar-refractivity contribution in [3.63, 3.8) is 0 Å². The van der Waals surface area contributed by atoms with Crippen molar-refractivity contribution in [1.82, 2.24) is 0 Å². The van der Waals surface area contributed by atoms with Crippen LogP contribution in [0.5, 0.6) is 0 Å². The monoisotopic (exact) mass is 137 g/mol. The number of nitrogens with zero attached hydrogens (tertiary/aromatic N) is 1. The van der Waals surface area contributed by atoms with Gasteiger partial charge in [0.1, 0.15) is 0 Å². The second-order valence-corrected chi connectivity index (χ2v) is 2.20. The van der Waals surface area contributed by atoms with Crippen molar-refractivity contribution in [2.24, 2.45) is 4.99 Å². The Bertz CT molecular complexity index is 164. The quantitative estimate of drug-likeness (QED) is 0.530. The molecule has 0 radical (unpaired) electrons. The van der Waals surface area contributed by atoms with Crippen LogP contribution in [-0.2, 0) is 0 Å². The van der Waals surface area contributed by atoms with E-state index in [1.807, 2.05) is 26.1 Å². The molecule has 0 N–H and O–H groups in total. The van der Waals surface area contributed by atoms with Crippen LogP contribution in [0.15, 0.2) is 28.9 Å². The normalized spacial score (nSPS) is 12.5. The van der Waals surface area contributed by atoms with E-state index in [9.17, 15) is 0 Å². The molecule has 0 aliphatic heterocycles. The minimum atomic E-state index is 0.973. The molecule has 10 heavy (non-hydrogen) atoms. The van der Waals surface area contributed by atoms with Crippen molar-refractivity contribution in [2.45, 2.75) is 27.2 Å². The lowest BCUT2D eigenvalue weighted by Crippen LogP contribution is -1.78. The lowest BCUT2D eigenvalue weighted by Gasteiger charge is -1.90. The number of hydrogen-bond acceptors (Lipinski definition) is 1. The Kier molecular flexibility index (Phi) is 4.55. The highest BCUT2D eigenvalue weighted by Crippen LogP contribution is 1.96. The fourth-order valence-electron chi connectivity index (χ4n) is 0.359. The molecule has 0 amide bonds. The largest absolute Gasteiger partial charge is 0.262 e. The summed E-state index contributed by atoms with van der Waals surface area (Å²) in [5, 5.41) is 0. The maximum Gasteiger partial charge on any atom is 0.0330 e. The van der Waals surface area contributed by atoms with Crippen LogP contribution in [0.1, 0.15) is 27.2 Å². The van der Waals surface area contributed by atoms with E-state index >= 15 is 0 Å². The van der Waals surface area contributed by atoms with Gasteiger partial charge in [-0.25, -0.2) is 0 Å². The molecule has 56 valence electrons. The summed E-state index contributed by atoms with van der Waals surface area (Å²) < 4.78 is 0. The summed E-state index contributed by atoms with van der Waals surface area (Å²) >= 11 is 0. The predicted octanol–water partition coefficient (Wildman–Crippen LogP) is 2.95. The van der Waals surface area contributed by atoms with E-state index in [0.29, 0.717) is 0 Å². The molecule has 0 aromatic rings. The molecule has 0 aromatic heterocycles. The molecule has 0 aliphatic carbocycles. The number of allylic oxidation sites excluding steroid dienone is 3. The summed E-state index contributed by atoms with van der Waals surface area (Å²) in [6, 6.07) is 0. The van der Waals surface area contributed by atoms with Crippen LogP contribution >= 0.6 is 0 Å². The highest BCUT2D eigenvalue weighted by molar-refractivity contribution is 5.78. The van der Waals surface area contributed by atoms with Crippen LogP contribution < -0.4 is 0 Å². The van der Waals surface area contributed by atoms with Crippen molar-refractivity contribution in [3.8, 4) is 0 Å². The van der Waals surface area contributed by atoms with Gasteiger partial charge in [0.15, 0.2) is 0 Å². The Morgan fingerprint density at radius 1 is 1.60 bits per heavy atom. The molecule has 0 aromatic carbocycles. The molecular weight excluding hydrogens is 122 g/mol. The van der Waals surface area contributed by atoms with E-state index in [1.165, 1.54) is 0 Å². The number of aliphatic imine (C=N–C) groups is 1. The second-order valence-electron chi connectivity index (χ2n) is 2.20. The van der Waals surface area contributed by atoms with Crippen LogP contribution in [0.4, 0.5) is 0 Å². The minimum Gasteiger partial charge on any atom is -0.262 e. The molecule has 0 saturated heterocycles. The molecule has 0 saturated carbocycles. The lowest BCUT2D eigenvalue weighted by molar-refractivity contribution is 1.18. The zero-order valence-electron chi connectivity index (χ0n) is 7.02. The van der Waals surface area contributed by atoms with Gasteiger partial charge in [0.25, 0.3) is 0 Å². The molecule has 0 atom stereocenters. The van der Waals surface area contributed by atoms with Gasteiger partial charge in [0.2, 0.25) is 0 Å². The molecule has 0 fully saturated rings. The molecule has 1 nitrogen and oxygen atoms in total. The Labute approximate surface area is 63.2 Å². The minimum absolute atomic E-state index is 0.973. The van der Waals surface area contributed by atoms with Crippen LogP contribution in [0, 0.1) is 0 Å². The third-order valence-electron chi connectivity index (χ3n) is 1.32. The zero-order chi connectivity index (χ0) is 7.98. The fraction of sp³-hybridized carbons (Fsp3) is 0.444. The van der Waals surface area contributed by atoms with Crippen LogP contribution in [0.25, 0.3) is 0 Å². The SMILES string of the molecule is C=C(C=N/C(C)=C\C)CC. The first-order chi connectivity index (χ1) is 4.70. The average molecular weight is 137 g/mol. The van der Waals surface area contributed by atoms with Gasteiger partial charge in [-0.05, 0) is 25.8 Å². The van der Waals surface area contributed by atoms with Gasteiger partial charge in [0, 0.05) is 11.9 Å². The van der Waals surface area contributed by atoms with Crippen LogP contribution in [0.2, 0.25) is 0 Å². The van der Waals surface area contributed by atoms with E-state index in [0.717, 1.165) is 17.7 Å². The summed E-state index contributed by atoms with van der Waals surface area (Å²) in [5.41, 5.74) is 2.11. The van der Waals surface area contributed by atoms with Gasteiger partial charge in [-0.15, -0.1) is 0 Å². The first-order valence-corrected chi connectivity index (χ1v) is 3.55. The summed E-state index contributed by atoms with van der Waals surface area (Å²) in [6.45, 7) is 9.82. The average Bonchev–Trinajstić information content (AvgIpc) is 1.99. The van der Waals surface area contributed by atoms with Crippen molar-refractivity contribution in [1.29, 1.82) is 0 Å². The van der Waals surface area contributed by atoms with Crippen LogP contribution in [0.3, 0.4) is 0 Å². The summed E-state index contributed by atoms with van der Waals surface area (Å²) in [6.07, 6.45) is 4.76. The van der Waals surface area contributed by atoms with Crippen LogP contribution in [-0.4, -0.2) is 6.21 Å². The lowest BCUT2D eigenvalue weighted by atomic mass is 10.2. The van der Waals surface area contributed by atoms with Gasteiger partial charge in [-0.2, -0.15) is 0 Å². The Balaban J connectivity index is 3.88. The topological polar surface area (TPSA) is 12.4 Å². The van der Waals surface area contributed by atoms with E-state index in [4.69, 9.17) is 0 Å². The van der Waals surface area contributed by atoms with Gasteiger partial charge < -0.3 is 0 Å². The van der Waals surface area contributed by atoms with Gasteiger partial charge in [0.05, 0.1) is 0 Å². The van der Waals surface area contributed by atoms with Crippen molar-refractivity contribution in [2.75, 3.05) is 0 Å².